The first-order valence-corrected chi connectivity index (χ1v) is 8.40. The first-order valence-electron chi connectivity index (χ1n) is 8.40. The molecule has 1 N–H and O–H groups in total. The average Bonchev–Trinajstić information content (AvgIpc) is 3.05. The zero-order valence-corrected chi connectivity index (χ0v) is 14.1. The summed E-state index contributed by atoms with van der Waals surface area (Å²) in [5.41, 5.74) is 1.63. The number of amides is 2. The van der Waals surface area contributed by atoms with Gasteiger partial charge in [-0.3, -0.25) is 9.59 Å². The molecule has 1 aliphatic rings. The lowest BCUT2D eigenvalue weighted by Gasteiger charge is -2.17. The minimum Gasteiger partial charge on any atom is -0.355 e. The molecule has 5 nitrogen and oxygen atoms in total. The second-order valence-corrected chi connectivity index (χ2v) is 6.20. The summed E-state index contributed by atoms with van der Waals surface area (Å²) in [5, 5.41) is 11.8. The Labute approximate surface area is 151 Å². The summed E-state index contributed by atoms with van der Waals surface area (Å²) in [6.07, 6.45) is 0.523. The van der Waals surface area contributed by atoms with Crippen molar-refractivity contribution < 1.29 is 14.0 Å². The second-order valence-electron chi connectivity index (χ2n) is 6.20. The van der Waals surface area contributed by atoms with Crippen LogP contribution in [0.1, 0.15) is 17.5 Å². The molecule has 0 aliphatic carbocycles. The Morgan fingerprint density at radius 2 is 2.08 bits per heavy atom. The molecule has 0 aromatic heterocycles. The van der Waals surface area contributed by atoms with Gasteiger partial charge < -0.3 is 10.2 Å². The second kappa shape index (κ2) is 7.79. The monoisotopic (exact) mass is 351 g/mol. The number of hydrogen-bond acceptors (Lipinski definition) is 3. The summed E-state index contributed by atoms with van der Waals surface area (Å²) < 4.78 is 13.6. The Hall–Kier alpha value is -3.20. The van der Waals surface area contributed by atoms with E-state index in [0.29, 0.717) is 29.8 Å². The minimum atomic E-state index is -0.450. The van der Waals surface area contributed by atoms with E-state index in [9.17, 15) is 14.0 Å². The Kier molecular flexibility index (Phi) is 5.28. The van der Waals surface area contributed by atoms with Crippen LogP contribution in [0.15, 0.2) is 48.5 Å². The first kappa shape index (κ1) is 17.6. The fourth-order valence-corrected chi connectivity index (χ4v) is 3.04. The topological polar surface area (TPSA) is 73.2 Å². The van der Waals surface area contributed by atoms with Crippen LogP contribution >= 0.6 is 0 Å². The van der Waals surface area contributed by atoms with Crippen molar-refractivity contribution in [3.8, 4) is 6.07 Å². The number of halogens is 1. The van der Waals surface area contributed by atoms with Gasteiger partial charge in [-0.25, -0.2) is 4.39 Å². The number of carbonyl (C=O) groups excluding carboxylic acids is 2. The summed E-state index contributed by atoms with van der Waals surface area (Å²) >= 11 is 0. The van der Waals surface area contributed by atoms with Gasteiger partial charge in [0.15, 0.2) is 0 Å². The number of benzene rings is 2. The van der Waals surface area contributed by atoms with E-state index >= 15 is 0 Å². The summed E-state index contributed by atoms with van der Waals surface area (Å²) in [5.74, 6) is -1.10. The highest BCUT2D eigenvalue weighted by Gasteiger charge is 2.35. The van der Waals surface area contributed by atoms with Gasteiger partial charge in [0.25, 0.3) is 0 Å². The van der Waals surface area contributed by atoms with E-state index in [1.54, 1.807) is 42.5 Å². The molecule has 0 saturated carbocycles. The highest BCUT2D eigenvalue weighted by atomic mass is 19.1. The van der Waals surface area contributed by atoms with E-state index in [1.807, 2.05) is 6.07 Å². The first-order chi connectivity index (χ1) is 12.6. The van der Waals surface area contributed by atoms with E-state index in [2.05, 4.69) is 5.32 Å². The predicted molar refractivity (Wildman–Crippen MR) is 94.7 cm³/mol. The van der Waals surface area contributed by atoms with Gasteiger partial charge >= 0.3 is 0 Å². The molecule has 1 saturated heterocycles. The molecule has 0 bridgehead atoms. The zero-order chi connectivity index (χ0) is 18.5. The van der Waals surface area contributed by atoms with Crippen LogP contribution in [0.5, 0.6) is 0 Å². The lowest BCUT2D eigenvalue weighted by molar-refractivity contribution is -0.126. The Morgan fingerprint density at radius 1 is 1.27 bits per heavy atom. The van der Waals surface area contributed by atoms with Crippen molar-refractivity contribution in [1.29, 1.82) is 5.26 Å². The molecule has 1 atom stereocenters. The molecule has 1 aliphatic heterocycles. The third-order valence-electron chi connectivity index (χ3n) is 4.43. The normalized spacial score (nSPS) is 16.4. The molecular formula is C20H18FN3O2. The molecule has 0 spiro atoms. The number of anilines is 1. The van der Waals surface area contributed by atoms with Gasteiger partial charge in [-0.05, 0) is 36.2 Å². The van der Waals surface area contributed by atoms with Crippen LogP contribution in [-0.2, 0) is 16.0 Å². The summed E-state index contributed by atoms with van der Waals surface area (Å²) in [6, 6.07) is 15.2. The van der Waals surface area contributed by atoms with Gasteiger partial charge in [-0.1, -0.05) is 24.3 Å². The van der Waals surface area contributed by atoms with Crippen LogP contribution in [0.2, 0.25) is 0 Å². The molecule has 2 amide bonds. The van der Waals surface area contributed by atoms with Gasteiger partial charge in [0, 0.05) is 25.2 Å². The van der Waals surface area contributed by atoms with Crippen molar-refractivity contribution in [3.63, 3.8) is 0 Å². The van der Waals surface area contributed by atoms with Crippen molar-refractivity contribution in [3.05, 3.63) is 65.5 Å². The maximum absolute atomic E-state index is 13.6. The molecule has 1 heterocycles. The number of nitriles is 1. The zero-order valence-electron chi connectivity index (χ0n) is 14.1. The fourth-order valence-electron chi connectivity index (χ4n) is 3.04. The number of rotatable bonds is 5. The molecule has 3 rings (SSSR count). The molecule has 1 fully saturated rings. The van der Waals surface area contributed by atoms with Gasteiger partial charge in [-0.2, -0.15) is 5.26 Å². The predicted octanol–water partition coefficient (Wildman–Crippen LogP) is 2.41. The molecule has 132 valence electrons. The van der Waals surface area contributed by atoms with Crippen LogP contribution in [0.4, 0.5) is 10.1 Å². The lowest BCUT2D eigenvalue weighted by atomic mass is 10.1. The Balaban J connectivity index is 1.57. The Morgan fingerprint density at radius 3 is 2.85 bits per heavy atom. The largest absolute Gasteiger partial charge is 0.355 e. The van der Waals surface area contributed by atoms with Crippen molar-refractivity contribution in [1.82, 2.24) is 5.32 Å². The van der Waals surface area contributed by atoms with Gasteiger partial charge in [-0.15, -0.1) is 0 Å². The number of nitrogens with one attached hydrogen (secondary N) is 1. The van der Waals surface area contributed by atoms with E-state index in [1.165, 1.54) is 11.0 Å². The lowest BCUT2D eigenvalue weighted by Crippen LogP contribution is -2.34. The smallest absolute Gasteiger partial charge is 0.227 e. The van der Waals surface area contributed by atoms with Crippen molar-refractivity contribution in [2.24, 2.45) is 5.92 Å². The molecule has 0 radical (unpaired) electrons. The van der Waals surface area contributed by atoms with E-state index in [4.69, 9.17) is 5.26 Å². The van der Waals surface area contributed by atoms with Crippen molar-refractivity contribution in [2.45, 2.75) is 12.8 Å². The third kappa shape index (κ3) is 3.89. The van der Waals surface area contributed by atoms with Crippen LogP contribution in [0.3, 0.4) is 0 Å². The van der Waals surface area contributed by atoms with E-state index in [-0.39, 0.29) is 30.6 Å². The molecule has 6 heteroatoms. The molecule has 1 unspecified atom stereocenters. The van der Waals surface area contributed by atoms with E-state index in [0.717, 1.165) is 0 Å². The maximum Gasteiger partial charge on any atom is 0.227 e. The van der Waals surface area contributed by atoms with Crippen molar-refractivity contribution in [2.75, 3.05) is 18.0 Å². The van der Waals surface area contributed by atoms with Gasteiger partial charge in [0.1, 0.15) is 5.82 Å². The summed E-state index contributed by atoms with van der Waals surface area (Å²) in [7, 11) is 0. The highest BCUT2D eigenvalue weighted by Crippen LogP contribution is 2.25. The van der Waals surface area contributed by atoms with Crippen LogP contribution < -0.4 is 10.2 Å². The number of hydrogen-bond donors (Lipinski definition) is 1. The molecular weight excluding hydrogens is 333 g/mol. The molecule has 2 aromatic carbocycles. The standard InChI is InChI=1S/C20H18FN3O2/c21-18-7-2-1-5-15(18)8-9-23-20(26)16-11-19(25)24(13-16)17-6-3-4-14(10-17)12-22/h1-7,10,16H,8-9,11,13H2,(H,23,26). The SMILES string of the molecule is N#Cc1cccc(N2CC(C(=O)NCCc3ccccc3F)CC2=O)c1. The molecule has 26 heavy (non-hydrogen) atoms. The Bertz CT molecular complexity index is 875. The quantitative estimate of drug-likeness (QED) is 0.899. The number of nitrogens with zero attached hydrogens (tertiary/aromatic N) is 2. The molecule has 2 aromatic rings. The van der Waals surface area contributed by atoms with Crippen molar-refractivity contribution >= 4 is 17.5 Å². The number of carbonyl (C=O) groups is 2. The fraction of sp³-hybridized carbons (Fsp3) is 0.250. The third-order valence-corrected chi connectivity index (χ3v) is 4.43. The minimum absolute atomic E-state index is 0.127. The van der Waals surface area contributed by atoms with Crippen LogP contribution in [0, 0.1) is 23.1 Å². The maximum atomic E-state index is 13.6. The van der Waals surface area contributed by atoms with Gasteiger partial charge in [0.05, 0.1) is 17.6 Å². The summed E-state index contributed by atoms with van der Waals surface area (Å²) in [4.78, 5) is 26.1. The van der Waals surface area contributed by atoms with Crippen LogP contribution in [-0.4, -0.2) is 24.9 Å². The van der Waals surface area contributed by atoms with E-state index < -0.39 is 5.92 Å². The van der Waals surface area contributed by atoms with Gasteiger partial charge in [0.2, 0.25) is 11.8 Å². The average molecular weight is 351 g/mol. The highest BCUT2D eigenvalue weighted by molar-refractivity contribution is 6.00. The summed E-state index contributed by atoms with van der Waals surface area (Å²) in [6.45, 7) is 0.591. The van der Waals surface area contributed by atoms with Crippen LogP contribution in [0.25, 0.3) is 0 Å².